The molecule has 0 amide bonds. The van der Waals surface area contributed by atoms with Crippen molar-refractivity contribution >= 4 is 33.0 Å². The number of thiophene rings is 1. The Morgan fingerprint density at radius 1 is 1.53 bits per heavy atom. The van der Waals surface area contributed by atoms with Crippen LogP contribution in [0.3, 0.4) is 0 Å². The second-order valence-corrected chi connectivity index (χ2v) is 5.10. The monoisotopic (exact) mass is 290 g/mol. The van der Waals surface area contributed by atoms with Gasteiger partial charge in [0.15, 0.2) is 0 Å². The molecular formula is C11H15BrO2S. The summed E-state index contributed by atoms with van der Waals surface area (Å²) >= 11 is 4.84. The van der Waals surface area contributed by atoms with E-state index in [0.717, 1.165) is 9.35 Å². The molecule has 0 bridgehead atoms. The van der Waals surface area contributed by atoms with Crippen LogP contribution in [0.1, 0.15) is 36.4 Å². The van der Waals surface area contributed by atoms with Gasteiger partial charge in [-0.2, -0.15) is 0 Å². The van der Waals surface area contributed by atoms with Gasteiger partial charge in [-0.15, -0.1) is 11.3 Å². The van der Waals surface area contributed by atoms with Crippen LogP contribution in [-0.4, -0.2) is 18.5 Å². The zero-order valence-corrected chi connectivity index (χ0v) is 11.6. The predicted molar refractivity (Wildman–Crippen MR) is 66.7 cm³/mol. The van der Waals surface area contributed by atoms with Gasteiger partial charge in [0.2, 0.25) is 5.78 Å². The molecule has 0 aromatic carbocycles. The number of hydrogen-bond donors (Lipinski definition) is 0. The highest BCUT2D eigenvalue weighted by molar-refractivity contribution is 9.10. The zero-order chi connectivity index (χ0) is 11.5. The highest BCUT2D eigenvalue weighted by Gasteiger charge is 2.36. The molecule has 0 aliphatic heterocycles. The van der Waals surface area contributed by atoms with E-state index in [0.29, 0.717) is 12.8 Å². The molecule has 1 heterocycles. The lowest BCUT2D eigenvalue weighted by Crippen LogP contribution is -2.39. The molecule has 84 valence electrons. The van der Waals surface area contributed by atoms with Crippen molar-refractivity contribution < 1.29 is 9.53 Å². The molecule has 0 aliphatic carbocycles. The van der Waals surface area contributed by atoms with E-state index in [1.807, 2.05) is 25.3 Å². The van der Waals surface area contributed by atoms with Gasteiger partial charge in [-0.25, -0.2) is 0 Å². The average Bonchev–Trinajstić information content (AvgIpc) is 2.67. The third-order valence-corrected chi connectivity index (χ3v) is 4.61. The molecule has 0 spiro atoms. The molecule has 1 aromatic rings. The first-order chi connectivity index (χ1) is 7.11. The van der Waals surface area contributed by atoms with E-state index in [4.69, 9.17) is 4.74 Å². The van der Waals surface area contributed by atoms with E-state index in [-0.39, 0.29) is 5.78 Å². The largest absolute Gasteiger partial charge is 0.370 e. The number of Topliss-reactive ketones (excluding diaryl/α,β-unsaturated/α-hetero) is 1. The normalized spacial score (nSPS) is 11.7. The van der Waals surface area contributed by atoms with E-state index in [9.17, 15) is 4.79 Å². The van der Waals surface area contributed by atoms with Crippen LogP contribution in [0.25, 0.3) is 0 Å². The number of hydrogen-bond acceptors (Lipinski definition) is 3. The number of rotatable bonds is 5. The predicted octanol–water partition coefficient (Wildman–Crippen LogP) is 3.90. The van der Waals surface area contributed by atoms with Crippen molar-refractivity contribution in [2.75, 3.05) is 7.11 Å². The molecule has 0 unspecified atom stereocenters. The van der Waals surface area contributed by atoms with Crippen molar-refractivity contribution in [1.29, 1.82) is 0 Å². The number of carbonyl (C=O) groups excluding carboxylic acids is 1. The smallest absolute Gasteiger partial charge is 0.205 e. The topological polar surface area (TPSA) is 26.3 Å². The molecule has 0 saturated carbocycles. The number of methoxy groups -OCH3 is 1. The van der Waals surface area contributed by atoms with Crippen molar-refractivity contribution in [3.8, 4) is 0 Å². The summed E-state index contributed by atoms with van der Waals surface area (Å²) in [6, 6.07) is 1.89. The summed E-state index contributed by atoms with van der Waals surface area (Å²) in [4.78, 5) is 13.0. The Labute approximate surface area is 103 Å². The first-order valence-electron chi connectivity index (χ1n) is 4.94. The van der Waals surface area contributed by atoms with Crippen LogP contribution in [0, 0.1) is 0 Å². The molecule has 0 radical (unpaired) electrons. The minimum Gasteiger partial charge on any atom is -0.370 e. The van der Waals surface area contributed by atoms with Gasteiger partial charge in [0.05, 0.1) is 4.88 Å². The average molecular weight is 291 g/mol. The van der Waals surface area contributed by atoms with Gasteiger partial charge in [-0.05, 0) is 40.2 Å². The van der Waals surface area contributed by atoms with E-state index in [1.165, 1.54) is 11.3 Å². The lowest BCUT2D eigenvalue weighted by molar-refractivity contribution is -0.00232. The first-order valence-corrected chi connectivity index (χ1v) is 6.61. The van der Waals surface area contributed by atoms with Crippen molar-refractivity contribution in [2.24, 2.45) is 0 Å². The summed E-state index contributed by atoms with van der Waals surface area (Å²) in [6.45, 7) is 3.96. The van der Waals surface area contributed by atoms with Gasteiger partial charge in [-0.1, -0.05) is 13.8 Å². The molecule has 4 heteroatoms. The lowest BCUT2D eigenvalue weighted by Gasteiger charge is -2.28. The molecule has 0 aliphatic rings. The quantitative estimate of drug-likeness (QED) is 0.769. The van der Waals surface area contributed by atoms with Gasteiger partial charge < -0.3 is 4.74 Å². The summed E-state index contributed by atoms with van der Waals surface area (Å²) in [5, 5.41) is 1.91. The van der Waals surface area contributed by atoms with Crippen LogP contribution < -0.4 is 0 Å². The molecule has 1 aromatic heterocycles. The summed E-state index contributed by atoms with van der Waals surface area (Å²) < 4.78 is 6.28. The fourth-order valence-corrected chi connectivity index (χ4v) is 3.20. The molecule has 0 fully saturated rings. The highest BCUT2D eigenvalue weighted by Crippen LogP contribution is 2.31. The summed E-state index contributed by atoms with van der Waals surface area (Å²) in [5.41, 5.74) is -0.659. The Hall–Kier alpha value is -0.190. The third kappa shape index (κ3) is 2.32. The van der Waals surface area contributed by atoms with Crippen LogP contribution in [0.15, 0.2) is 15.9 Å². The molecule has 0 saturated heterocycles. The van der Waals surface area contributed by atoms with Crippen LogP contribution in [0.4, 0.5) is 0 Å². The van der Waals surface area contributed by atoms with Gasteiger partial charge in [0, 0.05) is 11.6 Å². The summed E-state index contributed by atoms with van der Waals surface area (Å²) in [6.07, 6.45) is 1.40. The van der Waals surface area contributed by atoms with Gasteiger partial charge in [0.1, 0.15) is 5.60 Å². The Bertz CT molecular complexity index is 334. The molecule has 0 N–H and O–H groups in total. The van der Waals surface area contributed by atoms with Crippen LogP contribution in [0.2, 0.25) is 0 Å². The Morgan fingerprint density at radius 3 is 2.47 bits per heavy atom. The van der Waals surface area contributed by atoms with E-state index < -0.39 is 5.60 Å². The number of ether oxygens (including phenoxy) is 1. The van der Waals surface area contributed by atoms with Crippen LogP contribution in [-0.2, 0) is 4.74 Å². The maximum Gasteiger partial charge on any atom is 0.205 e. The molecule has 2 nitrogen and oxygen atoms in total. The van der Waals surface area contributed by atoms with Gasteiger partial charge in [-0.3, -0.25) is 4.79 Å². The molecule has 15 heavy (non-hydrogen) atoms. The third-order valence-electron chi connectivity index (χ3n) is 2.77. The van der Waals surface area contributed by atoms with Crippen molar-refractivity contribution in [3.05, 3.63) is 20.8 Å². The van der Waals surface area contributed by atoms with E-state index in [2.05, 4.69) is 15.9 Å². The maximum absolute atomic E-state index is 12.3. The fraction of sp³-hybridized carbons (Fsp3) is 0.545. The van der Waals surface area contributed by atoms with Gasteiger partial charge in [0.25, 0.3) is 0 Å². The summed E-state index contributed by atoms with van der Waals surface area (Å²) in [5.74, 6) is 0.0804. The Morgan fingerprint density at radius 2 is 2.13 bits per heavy atom. The minimum atomic E-state index is -0.659. The van der Waals surface area contributed by atoms with Crippen molar-refractivity contribution in [1.82, 2.24) is 0 Å². The first kappa shape index (κ1) is 12.9. The SMILES string of the molecule is CCC(CC)(OC)C(=O)c1sccc1Br. The fourth-order valence-electron chi connectivity index (χ4n) is 1.62. The second kappa shape index (κ2) is 5.23. The molecular weight excluding hydrogens is 276 g/mol. The lowest BCUT2D eigenvalue weighted by atomic mass is 9.91. The Balaban J connectivity index is 3.06. The Kier molecular flexibility index (Phi) is 4.49. The molecule has 1 rings (SSSR count). The standard InChI is InChI=1S/C11H15BrO2S/c1-4-11(5-2,14-3)10(13)9-8(12)6-7-15-9/h6-7H,4-5H2,1-3H3. The summed E-state index contributed by atoms with van der Waals surface area (Å²) in [7, 11) is 1.60. The number of carbonyl (C=O) groups is 1. The maximum atomic E-state index is 12.3. The van der Waals surface area contributed by atoms with E-state index in [1.54, 1.807) is 7.11 Å². The minimum absolute atomic E-state index is 0.0804. The van der Waals surface area contributed by atoms with Gasteiger partial charge >= 0.3 is 0 Å². The number of halogens is 1. The van der Waals surface area contributed by atoms with E-state index >= 15 is 0 Å². The number of ketones is 1. The van der Waals surface area contributed by atoms with Crippen molar-refractivity contribution in [3.63, 3.8) is 0 Å². The second-order valence-electron chi connectivity index (χ2n) is 3.33. The zero-order valence-electron chi connectivity index (χ0n) is 9.17. The molecule has 0 atom stereocenters. The highest BCUT2D eigenvalue weighted by atomic mass is 79.9. The van der Waals surface area contributed by atoms with Crippen LogP contribution >= 0.6 is 27.3 Å². The van der Waals surface area contributed by atoms with Crippen molar-refractivity contribution in [2.45, 2.75) is 32.3 Å². The van der Waals surface area contributed by atoms with Crippen LogP contribution in [0.5, 0.6) is 0 Å².